The molecule has 5 heteroatoms. The van der Waals surface area contributed by atoms with Gasteiger partial charge in [-0.3, -0.25) is 9.59 Å². The van der Waals surface area contributed by atoms with Crippen molar-refractivity contribution < 1.29 is 17.8 Å². The molecule has 0 fully saturated rings. The van der Waals surface area contributed by atoms with Crippen LogP contribution in [0.4, 0.5) is 0 Å². The number of rotatable bonds is 4. The van der Waals surface area contributed by atoms with Crippen LogP contribution < -0.4 is 0 Å². The highest BCUT2D eigenvalue weighted by molar-refractivity contribution is 14.1. The molecule has 0 atom stereocenters. The maximum absolute atomic E-state index is 11.0. The third kappa shape index (κ3) is 3.86. The molecule has 1 aromatic carbocycles. The van der Waals surface area contributed by atoms with Crippen molar-refractivity contribution in [1.29, 1.82) is 0 Å². The number of halogens is 1. The van der Waals surface area contributed by atoms with Gasteiger partial charge >= 0.3 is 11.9 Å². The van der Waals surface area contributed by atoms with Crippen LogP contribution in [0.5, 0.6) is 0 Å². The number of hydrogen-bond acceptors (Lipinski definition) is 3. The monoisotopic (exact) mass is 320 g/mol. The smallest absolute Gasteiger partial charge is 0.319 e. The molecular weight excluding hydrogens is 311 g/mol. The van der Waals surface area contributed by atoms with Gasteiger partial charge in [-0.05, 0) is 11.1 Å². The molecule has 0 heterocycles. The second kappa shape index (κ2) is 5.69. The molecule has 0 radical (unpaired) electrons. The summed E-state index contributed by atoms with van der Waals surface area (Å²) in [6.45, 7) is 0. The van der Waals surface area contributed by atoms with Crippen molar-refractivity contribution >= 4 is 34.9 Å². The van der Waals surface area contributed by atoms with Crippen molar-refractivity contribution in [3.05, 3.63) is 35.4 Å². The molecule has 15 heavy (non-hydrogen) atoms. The summed E-state index contributed by atoms with van der Waals surface area (Å²) in [5.41, 5.74) is 1.34. The van der Waals surface area contributed by atoms with Gasteiger partial charge in [0.1, 0.15) is 0 Å². The van der Waals surface area contributed by atoms with Gasteiger partial charge in [0.2, 0.25) is 0 Å². The molecule has 80 valence electrons. The lowest BCUT2D eigenvalue weighted by atomic mass is 10.0. The van der Waals surface area contributed by atoms with E-state index in [1.54, 1.807) is 24.3 Å². The summed E-state index contributed by atoms with van der Waals surface area (Å²) in [5, 5.41) is 8.67. The first-order valence-corrected chi connectivity index (χ1v) is 5.11. The average Bonchev–Trinajstić information content (AvgIpc) is 2.20. The fourth-order valence-corrected chi connectivity index (χ4v) is 1.40. The summed E-state index contributed by atoms with van der Waals surface area (Å²) < 4.78 is 4.50. The van der Waals surface area contributed by atoms with E-state index in [-0.39, 0.29) is 18.8 Å². The lowest BCUT2D eigenvalue weighted by Crippen LogP contribution is -2.08. The van der Waals surface area contributed by atoms with Gasteiger partial charge < -0.3 is 8.17 Å². The molecule has 0 aromatic heterocycles. The highest BCUT2D eigenvalue weighted by atomic mass is 127. The Morgan fingerprint density at radius 2 is 1.73 bits per heavy atom. The van der Waals surface area contributed by atoms with Crippen LogP contribution in [0.3, 0.4) is 0 Å². The normalized spacial score (nSPS) is 9.67. The van der Waals surface area contributed by atoms with E-state index < -0.39 is 5.97 Å². The molecule has 0 aliphatic heterocycles. The Morgan fingerprint density at radius 3 is 2.20 bits per heavy atom. The largest absolute Gasteiger partial charge is 0.481 e. The van der Waals surface area contributed by atoms with Gasteiger partial charge in [-0.2, -0.15) is 0 Å². The summed E-state index contributed by atoms with van der Waals surface area (Å²) in [5.74, 6) is -1.29. The maximum atomic E-state index is 11.0. The third-order valence-electron chi connectivity index (χ3n) is 1.88. The Hall–Kier alpha value is -1.11. The Balaban J connectivity index is 2.85. The van der Waals surface area contributed by atoms with Crippen LogP contribution in [-0.4, -0.2) is 17.0 Å². The van der Waals surface area contributed by atoms with E-state index in [4.69, 9.17) is 5.11 Å². The van der Waals surface area contributed by atoms with Crippen molar-refractivity contribution in [2.75, 3.05) is 0 Å². The molecule has 0 bridgehead atoms. The predicted molar refractivity (Wildman–Crippen MR) is 61.6 cm³/mol. The molecule has 1 N–H and O–H groups in total. The summed E-state index contributed by atoms with van der Waals surface area (Å²) in [4.78, 5) is 21.6. The molecule has 0 aliphatic rings. The number of benzene rings is 1. The highest BCUT2D eigenvalue weighted by Crippen LogP contribution is 2.11. The number of carbonyl (C=O) groups is 2. The number of carbonyl (C=O) groups excluding carboxylic acids is 1. The number of aliphatic carboxylic acids is 1. The molecule has 0 unspecified atom stereocenters. The van der Waals surface area contributed by atoms with Crippen LogP contribution >= 0.6 is 23.0 Å². The van der Waals surface area contributed by atoms with Gasteiger partial charge in [0, 0.05) is 0 Å². The lowest BCUT2D eigenvalue weighted by molar-refractivity contribution is -0.136. The second-order valence-corrected chi connectivity index (χ2v) is 3.41. The van der Waals surface area contributed by atoms with E-state index in [1.807, 2.05) is 0 Å². The van der Waals surface area contributed by atoms with Crippen LogP contribution in [0.25, 0.3) is 0 Å². The Morgan fingerprint density at radius 1 is 1.20 bits per heavy atom. The molecule has 0 spiro atoms. The van der Waals surface area contributed by atoms with Crippen molar-refractivity contribution in [3.63, 3.8) is 0 Å². The van der Waals surface area contributed by atoms with Crippen LogP contribution in [0.15, 0.2) is 24.3 Å². The fraction of sp³-hybridized carbons (Fsp3) is 0.200. The standard InChI is InChI=1S/C10H9IO4/c11-15-10(14)6-8-4-2-1-3-7(8)5-9(12)13/h1-4H,5-6H2,(H,12,13). The van der Waals surface area contributed by atoms with E-state index >= 15 is 0 Å². The first-order chi connectivity index (χ1) is 7.13. The topological polar surface area (TPSA) is 63.6 Å². The minimum Gasteiger partial charge on any atom is -0.481 e. The molecule has 0 aliphatic carbocycles. The number of hydrogen-bond donors (Lipinski definition) is 1. The van der Waals surface area contributed by atoms with Crippen LogP contribution in [0.1, 0.15) is 11.1 Å². The fourth-order valence-electron chi connectivity index (χ4n) is 1.25. The average molecular weight is 320 g/mol. The third-order valence-corrected chi connectivity index (χ3v) is 2.37. The first kappa shape index (κ1) is 12.0. The minimum absolute atomic E-state index is 0.0787. The molecule has 0 saturated heterocycles. The summed E-state index contributed by atoms with van der Waals surface area (Å²) in [6.07, 6.45) is 0.0249. The molecule has 0 amide bonds. The zero-order chi connectivity index (χ0) is 11.3. The predicted octanol–water partition coefficient (Wildman–Crippen LogP) is 1.75. The van der Waals surface area contributed by atoms with Crippen molar-refractivity contribution in [2.24, 2.45) is 0 Å². The molecular formula is C10H9IO4. The van der Waals surface area contributed by atoms with Gasteiger partial charge in [-0.1, -0.05) is 24.3 Å². The molecule has 1 aromatic rings. The van der Waals surface area contributed by atoms with E-state index in [1.165, 1.54) is 23.0 Å². The zero-order valence-electron chi connectivity index (χ0n) is 7.77. The quantitative estimate of drug-likeness (QED) is 0.859. The molecule has 1 rings (SSSR count). The first-order valence-electron chi connectivity index (χ1n) is 4.23. The van der Waals surface area contributed by atoms with E-state index in [2.05, 4.69) is 3.07 Å². The lowest BCUT2D eigenvalue weighted by Gasteiger charge is -2.05. The number of carboxylic acids is 1. The summed E-state index contributed by atoms with van der Waals surface area (Å²) in [7, 11) is 0. The maximum Gasteiger partial charge on any atom is 0.319 e. The summed E-state index contributed by atoms with van der Waals surface area (Å²) >= 11 is 1.51. The van der Waals surface area contributed by atoms with Gasteiger partial charge in [0.05, 0.1) is 12.8 Å². The van der Waals surface area contributed by atoms with Crippen molar-refractivity contribution in [2.45, 2.75) is 12.8 Å². The van der Waals surface area contributed by atoms with Crippen molar-refractivity contribution in [1.82, 2.24) is 0 Å². The Bertz CT molecular complexity index is 375. The summed E-state index contributed by atoms with van der Waals surface area (Å²) in [6, 6.07) is 6.94. The minimum atomic E-state index is -0.912. The van der Waals surface area contributed by atoms with Crippen molar-refractivity contribution in [3.8, 4) is 0 Å². The van der Waals surface area contributed by atoms with Gasteiger partial charge in [-0.15, -0.1) is 0 Å². The van der Waals surface area contributed by atoms with Gasteiger partial charge in [0.15, 0.2) is 23.0 Å². The van der Waals surface area contributed by atoms with E-state index in [0.29, 0.717) is 11.1 Å². The van der Waals surface area contributed by atoms with Crippen LogP contribution in [0.2, 0.25) is 0 Å². The van der Waals surface area contributed by atoms with Crippen LogP contribution in [-0.2, 0) is 25.5 Å². The SMILES string of the molecule is O=C(O)Cc1ccccc1CC(=O)OI. The zero-order valence-corrected chi connectivity index (χ0v) is 9.93. The second-order valence-electron chi connectivity index (χ2n) is 2.97. The van der Waals surface area contributed by atoms with Gasteiger partial charge in [-0.25, -0.2) is 0 Å². The molecule has 4 nitrogen and oxygen atoms in total. The van der Waals surface area contributed by atoms with Crippen LogP contribution in [0, 0.1) is 0 Å². The number of carboxylic acid groups (broad SMARTS) is 1. The van der Waals surface area contributed by atoms with E-state index in [9.17, 15) is 9.59 Å². The molecule has 0 saturated carbocycles. The highest BCUT2D eigenvalue weighted by Gasteiger charge is 2.10. The Kier molecular flexibility index (Phi) is 4.54. The van der Waals surface area contributed by atoms with Gasteiger partial charge in [0.25, 0.3) is 0 Å². The van der Waals surface area contributed by atoms with E-state index in [0.717, 1.165) is 0 Å². The Labute approximate surface area is 101 Å².